The summed E-state index contributed by atoms with van der Waals surface area (Å²) in [6, 6.07) is 3.41. The first-order chi connectivity index (χ1) is 7.44. The van der Waals surface area contributed by atoms with Crippen molar-refractivity contribution in [1.29, 1.82) is 0 Å². The number of phenolic OH excluding ortho intramolecular Hbond substituents is 1. The van der Waals surface area contributed by atoms with Gasteiger partial charge in [0, 0.05) is 16.0 Å². The molecule has 2 N–H and O–H groups in total. The van der Waals surface area contributed by atoms with Gasteiger partial charge in [0.15, 0.2) is 0 Å². The maximum absolute atomic E-state index is 10.8. The van der Waals surface area contributed by atoms with Gasteiger partial charge in [0.05, 0.1) is 6.42 Å². The Hall–Kier alpha value is -1.22. The molecule has 0 radical (unpaired) electrons. The van der Waals surface area contributed by atoms with E-state index in [1.165, 1.54) is 0 Å². The van der Waals surface area contributed by atoms with E-state index in [0.29, 0.717) is 10.6 Å². The fraction of sp³-hybridized carbons (Fsp3) is 0.417. The summed E-state index contributed by atoms with van der Waals surface area (Å²) in [6.45, 7) is 1.73. The van der Waals surface area contributed by atoms with E-state index in [0.717, 1.165) is 18.4 Å². The molecule has 1 aliphatic carbocycles. The van der Waals surface area contributed by atoms with Gasteiger partial charge in [0.25, 0.3) is 0 Å². The molecular weight excluding hydrogens is 228 g/mol. The van der Waals surface area contributed by atoms with Gasteiger partial charge in [-0.15, -0.1) is 0 Å². The molecule has 4 heteroatoms. The highest BCUT2D eigenvalue weighted by Gasteiger charge is 2.46. The number of carboxylic acids is 1. The monoisotopic (exact) mass is 240 g/mol. The minimum Gasteiger partial charge on any atom is -0.508 e. The summed E-state index contributed by atoms with van der Waals surface area (Å²) in [5.74, 6) is -0.673. The van der Waals surface area contributed by atoms with Crippen molar-refractivity contribution < 1.29 is 15.0 Å². The molecule has 0 unspecified atom stereocenters. The molecule has 0 aromatic heterocycles. The van der Waals surface area contributed by atoms with Gasteiger partial charge in [0.2, 0.25) is 0 Å². The zero-order valence-electron chi connectivity index (χ0n) is 8.96. The maximum Gasteiger partial charge on any atom is 0.304 e. The molecule has 86 valence electrons. The number of halogens is 1. The first-order valence-corrected chi connectivity index (χ1v) is 5.54. The van der Waals surface area contributed by atoms with Crippen LogP contribution in [0.25, 0.3) is 0 Å². The summed E-state index contributed by atoms with van der Waals surface area (Å²) in [6.07, 6.45) is 1.79. The molecule has 0 heterocycles. The van der Waals surface area contributed by atoms with Crippen LogP contribution in [0.1, 0.15) is 30.4 Å². The number of carboxylic acid groups (broad SMARTS) is 1. The van der Waals surface area contributed by atoms with Crippen LogP contribution < -0.4 is 0 Å². The molecule has 1 aromatic carbocycles. The van der Waals surface area contributed by atoms with Gasteiger partial charge in [-0.2, -0.15) is 0 Å². The second-order valence-electron chi connectivity index (χ2n) is 4.45. The minimum atomic E-state index is -0.811. The Morgan fingerprint density at radius 2 is 2.12 bits per heavy atom. The van der Waals surface area contributed by atoms with Crippen molar-refractivity contribution in [2.75, 3.05) is 0 Å². The average Bonchev–Trinajstić information content (AvgIpc) is 2.93. The number of hydrogen-bond acceptors (Lipinski definition) is 2. The SMILES string of the molecule is Cc1c(O)cc(C2(CC(=O)O)CC2)cc1Cl. The zero-order valence-corrected chi connectivity index (χ0v) is 9.71. The Kier molecular flexibility index (Phi) is 2.58. The van der Waals surface area contributed by atoms with E-state index in [2.05, 4.69) is 0 Å². The number of benzene rings is 1. The van der Waals surface area contributed by atoms with Crippen LogP contribution in [0.4, 0.5) is 0 Å². The lowest BCUT2D eigenvalue weighted by atomic mass is 9.91. The van der Waals surface area contributed by atoms with Gasteiger partial charge in [-0.25, -0.2) is 0 Å². The third-order valence-corrected chi connectivity index (χ3v) is 3.67. The highest BCUT2D eigenvalue weighted by Crippen LogP contribution is 2.52. The van der Waals surface area contributed by atoms with Crippen molar-refractivity contribution >= 4 is 17.6 Å². The molecule has 1 aromatic rings. The van der Waals surface area contributed by atoms with Gasteiger partial charge < -0.3 is 10.2 Å². The van der Waals surface area contributed by atoms with Crippen LogP contribution in [0.5, 0.6) is 5.75 Å². The predicted molar refractivity (Wildman–Crippen MR) is 61.0 cm³/mol. The van der Waals surface area contributed by atoms with Gasteiger partial charge in [-0.3, -0.25) is 4.79 Å². The average molecular weight is 241 g/mol. The molecule has 0 amide bonds. The van der Waals surface area contributed by atoms with Gasteiger partial charge >= 0.3 is 5.97 Å². The number of carbonyl (C=O) groups is 1. The van der Waals surface area contributed by atoms with E-state index in [1.54, 1.807) is 19.1 Å². The Balaban J connectivity index is 2.38. The Morgan fingerprint density at radius 3 is 2.56 bits per heavy atom. The quantitative estimate of drug-likeness (QED) is 0.854. The van der Waals surface area contributed by atoms with Crippen LogP contribution in [0.15, 0.2) is 12.1 Å². The minimum absolute atomic E-state index is 0.103. The maximum atomic E-state index is 10.8. The van der Waals surface area contributed by atoms with Crippen molar-refractivity contribution in [2.24, 2.45) is 0 Å². The van der Waals surface area contributed by atoms with Crippen molar-refractivity contribution in [3.8, 4) is 5.75 Å². The van der Waals surface area contributed by atoms with Crippen LogP contribution in [-0.2, 0) is 10.2 Å². The molecule has 2 rings (SSSR count). The standard InChI is InChI=1S/C12H13ClO3/c1-7-9(13)4-8(5-10(7)14)12(2-3-12)6-11(15)16/h4-5,14H,2-3,6H2,1H3,(H,15,16). The molecule has 0 atom stereocenters. The molecule has 1 saturated carbocycles. The number of aromatic hydroxyl groups is 1. The summed E-state index contributed by atoms with van der Waals surface area (Å²) in [5, 5.41) is 19.0. The van der Waals surface area contributed by atoms with E-state index in [1.807, 2.05) is 0 Å². The van der Waals surface area contributed by atoms with Crippen LogP contribution in [0.3, 0.4) is 0 Å². The molecule has 16 heavy (non-hydrogen) atoms. The summed E-state index contributed by atoms with van der Waals surface area (Å²) in [5.41, 5.74) is 1.17. The fourth-order valence-corrected chi connectivity index (χ4v) is 2.19. The molecular formula is C12H13ClO3. The molecule has 0 aliphatic heterocycles. The van der Waals surface area contributed by atoms with Crippen molar-refractivity contribution in [3.05, 3.63) is 28.3 Å². The molecule has 0 saturated heterocycles. The van der Waals surface area contributed by atoms with Gasteiger partial charge in [0.1, 0.15) is 5.75 Å². The number of aliphatic carboxylic acids is 1. The van der Waals surface area contributed by atoms with Crippen LogP contribution >= 0.6 is 11.6 Å². The normalized spacial score (nSPS) is 17.1. The fourth-order valence-electron chi connectivity index (χ4n) is 1.98. The van der Waals surface area contributed by atoms with E-state index in [9.17, 15) is 9.90 Å². The third kappa shape index (κ3) is 1.87. The number of phenols is 1. The van der Waals surface area contributed by atoms with Crippen molar-refractivity contribution in [1.82, 2.24) is 0 Å². The summed E-state index contributed by atoms with van der Waals surface area (Å²) in [4.78, 5) is 10.8. The van der Waals surface area contributed by atoms with Crippen LogP contribution in [0, 0.1) is 6.92 Å². The van der Waals surface area contributed by atoms with Crippen LogP contribution in [0.2, 0.25) is 5.02 Å². The second kappa shape index (κ2) is 3.67. The zero-order chi connectivity index (χ0) is 11.9. The number of rotatable bonds is 3. The summed E-state index contributed by atoms with van der Waals surface area (Å²) < 4.78 is 0. The smallest absolute Gasteiger partial charge is 0.304 e. The predicted octanol–water partition coefficient (Wildman–Crippen LogP) is 2.86. The van der Waals surface area contributed by atoms with Crippen molar-refractivity contribution in [3.63, 3.8) is 0 Å². The summed E-state index contributed by atoms with van der Waals surface area (Å²) >= 11 is 5.98. The largest absolute Gasteiger partial charge is 0.508 e. The van der Waals surface area contributed by atoms with E-state index >= 15 is 0 Å². The molecule has 0 bridgehead atoms. The van der Waals surface area contributed by atoms with Crippen LogP contribution in [-0.4, -0.2) is 16.2 Å². The van der Waals surface area contributed by atoms with Gasteiger partial charge in [-0.1, -0.05) is 11.6 Å². The van der Waals surface area contributed by atoms with E-state index in [4.69, 9.17) is 16.7 Å². The van der Waals surface area contributed by atoms with Crippen molar-refractivity contribution in [2.45, 2.75) is 31.6 Å². The Labute approximate surface area is 98.7 Å². The third-order valence-electron chi connectivity index (χ3n) is 3.27. The van der Waals surface area contributed by atoms with Gasteiger partial charge in [-0.05, 0) is 37.5 Å². The van der Waals surface area contributed by atoms with E-state index in [-0.39, 0.29) is 17.6 Å². The molecule has 1 aliphatic rings. The Bertz CT molecular complexity index is 427. The topological polar surface area (TPSA) is 57.5 Å². The highest BCUT2D eigenvalue weighted by atomic mass is 35.5. The summed E-state index contributed by atoms with van der Waals surface area (Å²) in [7, 11) is 0. The number of hydrogen-bond donors (Lipinski definition) is 2. The lowest BCUT2D eigenvalue weighted by Crippen LogP contribution is -2.13. The first kappa shape index (κ1) is 11.3. The Morgan fingerprint density at radius 1 is 1.50 bits per heavy atom. The second-order valence-corrected chi connectivity index (χ2v) is 4.86. The highest BCUT2D eigenvalue weighted by molar-refractivity contribution is 6.31. The lowest BCUT2D eigenvalue weighted by molar-refractivity contribution is -0.137. The molecule has 0 spiro atoms. The first-order valence-electron chi connectivity index (χ1n) is 5.16. The lowest BCUT2D eigenvalue weighted by Gasteiger charge is -2.15. The van der Waals surface area contributed by atoms with E-state index < -0.39 is 5.97 Å². The molecule has 3 nitrogen and oxygen atoms in total. The molecule has 1 fully saturated rings.